The largest absolute Gasteiger partial charge is 0.323 e. The lowest BCUT2D eigenvalue weighted by Gasteiger charge is -2.17. The molecular weight excluding hydrogens is 362 g/mol. The fourth-order valence-electron chi connectivity index (χ4n) is 2.78. The molecule has 6 nitrogen and oxygen atoms in total. The summed E-state index contributed by atoms with van der Waals surface area (Å²) in [7, 11) is -3.33. The van der Waals surface area contributed by atoms with E-state index in [2.05, 4.69) is 10.6 Å². The number of rotatable bonds is 3. The fraction of sp³-hybridized carbons (Fsp3) is 0.235. The molecule has 0 bridgehead atoms. The Morgan fingerprint density at radius 2 is 1.92 bits per heavy atom. The second-order valence-corrected chi connectivity index (χ2v) is 8.31. The van der Waals surface area contributed by atoms with Gasteiger partial charge in [-0.1, -0.05) is 23.7 Å². The molecule has 2 aromatic carbocycles. The molecule has 1 aliphatic heterocycles. The SMILES string of the molecule is Cc1ccc(NC(=O)Nc2ccc3c(c2)N(S(C)(=O)=O)CC3)c(Cl)c1. The van der Waals surface area contributed by atoms with Crippen molar-refractivity contribution in [1.82, 2.24) is 0 Å². The molecule has 0 fully saturated rings. The maximum Gasteiger partial charge on any atom is 0.323 e. The monoisotopic (exact) mass is 379 g/mol. The first kappa shape index (κ1) is 17.6. The van der Waals surface area contributed by atoms with Gasteiger partial charge in [0.05, 0.1) is 22.7 Å². The zero-order valence-corrected chi connectivity index (χ0v) is 15.4. The zero-order chi connectivity index (χ0) is 18.2. The number of urea groups is 1. The van der Waals surface area contributed by atoms with E-state index >= 15 is 0 Å². The maximum absolute atomic E-state index is 12.2. The van der Waals surface area contributed by atoms with E-state index in [4.69, 9.17) is 11.6 Å². The van der Waals surface area contributed by atoms with Crippen molar-refractivity contribution < 1.29 is 13.2 Å². The van der Waals surface area contributed by atoms with Gasteiger partial charge in [0, 0.05) is 12.2 Å². The third-order valence-corrected chi connectivity index (χ3v) is 5.46. The zero-order valence-electron chi connectivity index (χ0n) is 13.8. The van der Waals surface area contributed by atoms with Crippen LogP contribution in [0.25, 0.3) is 0 Å². The van der Waals surface area contributed by atoms with Gasteiger partial charge in [-0.25, -0.2) is 13.2 Å². The molecule has 8 heteroatoms. The summed E-state index contributed by atoms with van der Waals surface area (Å²) in [6.45, 7) is 2.33. The minimum absolute atomic E-state index is 0.419. The first-order chi connectivity index (χ1) is 11.7. The Kier molecular flexibility index (Phi) is 4.62. The molecule has 0 saturated heterocycles. The number of carbonyl (C=O) groups excluding carboxylic acids is 1. The maximum atomic E-state index is 12.2. The van der Waals surface area contributed by atoms with Gasteiger partial charge in [0.1, 0.15) is 0 Å². The van der Waals surface area contributed by atoms with Gasteiger partial charge in [0.2, 0.25) is 10.0 Å². The molecule has 0 saturated carbocycles. The molecule has 1 heterocycles. The molecule has 3 rings (SSSR count). The Balaban J connectivity index is 1.76. The van der Waals surface area contributed by atoms with Crippen molar-refractivity contribution in [1.29, 1.82) is 0 Å². The predicted molar refractivity (Wildman–Crippen MR) is 101 cm³/mol. The highest BCUT2D eigenvalue weighted by molar-refractivity contribution is 7.92. The second-order valence-electron chi connectivity index (χ2n) is 5.99. The van der Waals surface area contributed by atoms with Crippen LogP contribution in [0, 0.1) is 6.92 Å². The number of nitrogens with zero attached hydrogens (tertiary/aromatic N) is 1. The average molecular weight is 380 g/mol. The van der Waals surface area contributed by atoms with Crippen LogP contribution in [0.15, 0.2) is 36.4 Å². The highest BCUT2D eigenvalue weighted by Gasteiger charge is 2.26. The van der Waals surface area contributed by atoms with Gasteiger partial charge in [0.25, 0.3) is 0 Å². The molecule has 2 aromatic rings. The van der Waals surface area contributed by atoms with Crippen LogP contribution >= 0.6 is 11.6 Å². The lowest BCUT2D eigenvalue weighted by Crippen LogP contribution is -2.27. The van der Waals surface area contributed by atoms with Crippen molar-refractivity contribution in [3.63, 3.8) is 0 Å². The van der Waals surface area contributed by atoms with Gasteiger partial charge in [-0.05, 0) is 48.7 Å². The lowest BCUT2D eigenvalue weighted by atomic mass is 10.1. The van der Waals surface area contributed by atoms with Crippen LogP contribution in [0.1, 0.15) is 11.1 Å². The molecule has 0 atom stereocenters. The fourth-order valence-corrected chi connectivity index (χ4v) is 4.01. The summed E-state index contributed by atoms with van der Waals surface area (Å²) in [5, 5.41) is 5.84. The number of carbonyl (C=O) groups is 1. The molecule has 0 radical (unpaired) electrons. The predicted octanol–water partition coefficient (Wildman–Crippen LogP) is 3.61. The molecular formula is C17H18ClN3O3S. The van der Waals surface area contributed by atoms with Crippen molar-refractivity contribution in [3.05, 3.63) is 52.5 Å². The number of halogens is 1. The summed E-state index contributed by atoms with van der Waals surface area (Å²) in [6, 6.07) is 10.1. The number of nitrogens with one attached hydrogen (secondary N) is 2. The molecule has 0 unspecified atom stereocenters. The van der Waals surface area contributed by atoms with Crippen LogP contribution in [-0.4, -0.2) is 27.2 Å². The van der Waals surface area contributed by atoms with Gasteiger partial charge in [-0.3, -0.25) is 4.31 Å². The number of hydrogen-bond donors (Lipinski definition) is 2. The Bertz CT molecular complexity index is 944. The Morgan fingerprint density at radius 1 is 1.16 bits per heavy atom. The molecule has 0 aliphatic carbocycles. The number of aryl methyl sites for hydroxylation is 1. The molecule has 2 N–H and O–H groups in total. The quantitative estimate of drug-likeness (QED) is 0.854. The number of benzene rings is 2. The molecule has 2 amide bonds. The van der Waals surface area contributed by atoms with Crippen molar-refractivity contribution in [2.24, 2.45) is 0 Å². The normalized spacial score (nSPS) is 13.5. The van der Waals surface area contributed by atoms with Crippen LogP contribution in [0.5, 0.6) is 0 Å². The standard InChI is InChI=1S/C17H18ClN3O3S/c1-11-3-6-15(14(18)9-11)20-17(22)19-13-5-4-12-7-8-21(16(12)10-13)25(2,23)24/h3-6,9-10H,7-8H2,1-2H3,(H2,19,20,22). The number of anilines is 3. The molecule has 0 aromatic heterocycles. The summed E-state index contributed by atoms with van der Waals surface area (Å²) in [4.78, 5) is 12.2. The van der Waals surface area contributed by atoms with E-state index in [9.17, 15) is 13.2 Å². The smallest absolute Gasteiger partial charge is 0.308 e. The van der Waals surface area contributed by atoms with Crippen molar-refractivity contribution >= 4 is 44.7 Å². The third-order valence-electron chi connectivity index (χ3n) is 3.97. The van der Waals surface area contributed by atoms with Crippen LogP contribution in [0.4, 0.5) is 21.9 Å². The molecule has 25 heavy (non-hydrogen) atoms. The summed E-state index contributed by atoms with van der Waals surface area (Å²) < 4.78 is 25.0. The summed E-state index contributed by atoms with van der Waals surface area (Å²) in [6.07, 6.45) is 1.84. The molecule has 0 spiro atoms. The van der Waals surface area contributed by atoms with E-state index in [1.807, 2.05) is 19.1 Å². The van der Waals surface area contributed by atoms with Crippen LogP contribution in [0.3, 0.4) is 0 Å². The molecule has 132 valence electrons. The Morgan fingerprint density at radius 3 is 2.60 bits per heavy atom. The van der Waals surface area contributed by atoms with Crippen molar-refractivity contribution in [2.75, 3.05) is 27.7 Å². The first-order valence-corrected chi connectivity index (χ1v) is 9.91. The van der Waals surface area contributed by atoms with E-state index in [-0.39, 0.29) is 0 Å². The summed E-state index contributed by atoms with van der Waals surface area (Å²) >= 11 is 6.11. The highest BCUT2D eigenvalue weighted by Crippen LogP contribution is 2.32. The van der Waals surface area contributed by atoms with Gasteiger partial charge in [-0.15, -0.1) is 0 Å². The van der Waals surface area contributed by atoms with E-state index in [1.54, 1.807) is 24.3 Å². The first-order valence-electron chi connectivity index (χ1n) is 7.69. The van der Waals surface area contributed by atoms with Crippen LogP contribution < -0.4 is 14.9 Å². The van der Waals surface area contributed by atoms with Gasteiger partial charge < -0.3 is 10.6 Å². The lowest BCUT2D eigenvalue weighted by molar-refractivity contribution is 0.262. The number of hydrogen-bond acceptors (Lipinski definition) is 3. The third kappa shape index (κ3) is 3.88. The van der Waals surface area contributed by atoms with Crippen molar-refractivity contribution in [3.8, 4) is 0 Å². The van der Waals surface area contributed by atoms with E-state index in [1.165, 1.54) is 10.6 Å². The number of fused-ring (bicyclic) bond motifs is 1. The van der Waals surface area contributed by atoms with E-state index in [0.717, 1.165) is 11.1 Å². The highest BCUT2D eigenvalue weighted by atomic mass is 35.5. The Labute approximate surface area is 151 Å². The van der Waals surface area contributed by atoms with Crippen LogP contribution in [0.2, 0.25) is 5.02 Å². The minimum atomic E-state index is -3.33. The Hall–Kier alpha value is -2.25. The van der Waals surface area contributed by atoms with E-state index < -0.39 is 16.1 Å². The number of amides is 2. The minimum Gasteiger partial charge on any atom is -0.308 e. The van der Waals surface area contributed by atoms with Gasteiger partial charge >= 0.3 is 6.03 Å². The summed E-state index contributed by atoms with van der Waals surface area (Å²) in [5.74, 6) is 0. The topological polar surface area (TPSA) is 78.5 Å². The molecule has 1 aliphatic rings. The summed E-state index contributed by atoms with van der Waals surface area (Å²) in [5.41, 5.74) is 3.56. The average Bonchev–Trinajstić information content (AvgIpc) is 2.93. The second kappa shape index (κ2) is 6.57. The van der Waals surface area contributed by atoms with Crippen molar-refractivity contribution in [2.45, 2.75) is 13.3 Å². The van der Waals surface area contributed by atoms with Gasteiger partial charge in [-0.2, -0.15) is 0 Å². The van der Waals surface area contributed by atoms with E-state index in [0.29, 0.717) is 35.1 Å². The van der Waals surface area contributed by atoms with Crippen LogP contribution in [-0.2, 0) is 16.4 Å². The number of sulfonamides is 1. The van der Waals surface area contributed by atoms with Gasteiger partial charge in [0.15, 0.2) is 0 Å².